The molecule has 0 radical (unpaired) electrons. The Morgan fingerprint density at radius 2 is 1.74 bits per heavy atom. The number of hydrogen-bond acceptors (Lipinski definition) is 8. The lowest BCUT2D eigenvalue weighted by Gasteiger charge is -2.26. The number of ether oxygens (including phenoxy) is 2. The molecule has 1 heterocycles. The van der Waals surface area contributed by atoms with Gasteiger partial charge in [-0.1, -0.05) is 17.7 Å². The summed E-state index contributed by atoms with van der Waals surface area (Å²) in [5, 5.41) is 13.1. The average molecular weight is 550 g/mol. The van der Waals surface area contributed by atoms with Crippen molar-refractivity contribution in [2.45, 2.75) is 13.5 Å². The fourth-order valence-electron chi connectivity index (χ4n) is 3.62. The molecule has 1 aliphatic heterocycles. The predicted octanol–water partition coefficient (Wildman–Crippen LogP) is 4.67. The minimum Gasteiger partial charge on any atom is -0.487 e. The van der Waals surface area contributed by atoms with Crippen molar-refractivity contribution in [3.05, 3.63) is 104 Å². The molecule has 0 aliphatic carbocycles. The number of benzene rings is 3. The van der Waals surface area contributed by atoms with Gasteiger partial charge >= 0.3 is 12.0 Å². The van der Waals surface area contributed by atoms with Gasteiger partial charge in [-0.15, -0.1) is 0 Å². The molecule has 0 saturated carbocycles. The van der Waals surface area contributed by atoms with Crippen LogP contribution in [0.4, 0.5) is 16.2 Å². The third-order valence-electron chi connectivity index (χ3n) is 5.55. The van der Waals surface area contributed by atoms with Crippen LogP contribution in [0.5, 0.6) is 5.75 Å². The van der Waals surface area contributed by atoms with Gasteiger partial charge in [-0.3, -0.25) is 25.0 Å². The number of nitro benzene ring substituents is 1. The number of urea groups is 1. The van der Waals surface area contributed by atoms with Gasteiger partial charge in [-0.25, -0.2) is 14.5 Å². The van der Waals surface area contributed by atoms with E-state index in [1.807, 2.05) is 0 Å². The lowest BCUT2D eigenvalue weighted by atomic mass is 10.1. The summed E-state index contributed by atoms with van der Waals surface area (Å²) in [6.07, 6.45) is 1.29. The van der Waals surface area contributed by atoms with Crippen LogP contribution < -0.4 is 15.0 Å². The van der Waals surface area contributed by atoms with E-state index in [0.717, 1.165) is 4.90 Å². The molecule has 11 nitrogen and oxygen atoms in total. The minimum absolute atomic E-state index is 0.0376. The first-order valence-electron chi connectivity index (χ1n) is 11.5. The third-order valence-corrected chi connectivity index (χ3v) is 5.84. The highest BCUT2D eigenvalue weighted by molar-refractivity contribution is 6.39. The van der Waals surface area contributed by atoms with E-state index in [1.54, 1.807) is 31.2 Å². The number of nitro groups is 1. The summed E-state index contributed by atoms with van der Waals surface area (Å²) >= 11 is 6.33. The van der Waals surface area contributed by atoms with Crippen LogP contribution in [0.15, 0.2) is 72.3 Å². The van der Waals surface area contributed by atoms with Crippen molar-refractivity contribution >= 4 is 52.9 Å². The molecule has 4 amide bonds. The number of barbiturate groups is 1. The largest absolute Gasteiger partial charge is 0.487 e. The molecule has 0 unspecified atom stereocenters. The number of rotatable bonds is 8. The minimum atomic E-state index is -0.931. The number of nitrogens with one attached hydrogen (secondary N) is 1. The summed E-state index contributed by atoms with van der Waals surface area (Å²) in [7, 11) is 0. The summed E-state index contributed by atoms with van der Waals surface area (Å²) < 4.78 is 10.6. The van der Waals surface area contributed by atoms with Gasteiger partial charge in [0, 0.05) is 12.1 Å². The number of imide groups is 2. The summed E-state index contributed by atoms with van der Waals surface area (Å²) in [5.74, 6) is -1.97. The van der Waals surface area contributed by atoms with E-state index >= 15 is 0 Å². The Hall–Kier alpha value is -5.03. The Kier molecular flexibility index (Phi) is 8.01. The molecule has 39 heavy (non-hydrogen) atoms. The number of carbonyl (C=O) groups is 4. The summed E-state index contributed by atoms with van der Waals surface area (Å²) in [6, 6.07) is 15.1. The lowest BCUT2D eigenvalue weighted by molar-refractivity contribution is -0.384. The van der Waals surface area contributed by atoms with Crippen LogP contribution in [0.1, 0.15) is 28.4 Å². The van der Waals surface area contributed by atoms with Crippen molar-refractivity contribution in [2.24, 2.45) is 0 Å². The van der Waals surface area contributed by atoms with E-state index in [-0.39, 0.29) is 40.7 Å². The zero-order chi connectivity index (χ0) is 28.1. The monoisotopic (exact) mass is 549 g/mol. The molecular formula is C27H20ClN3O8. The van der Waals surface area contributed by atoms with Crippen LogP contribution in [-0.2, 0) is 20.9 Å². The maximum atomic E-state index is 13.1. The second-order valence-electron chi connectivity index (χ2n) is 8.13. The first kappa shape index (κ1) is 27.0. The quantitative estimate of drug-likeness (QED) is 0.140. The lowest BCUT2D eigenvalue weighted by Crippen LogP contribution is -2.54. The Balaban J connectivity index is 1.51. The van der Waals surface area contributed by atoms with Crippen LogP contribution >= 0.6 is 11.6 Å². The van der Waals surface area contributed by atoms with Crippen LogP contribution in [0.3, 0.4) is 0 Å². The van der Waals surface area contributed by atoms with Gasteiger partial charge in [0.15, 0.2) is 0 Å². The molecule has 1 aliphatic rings. The van der Waals surface area contributed by atoms with Crippen LogP contribution in [0.25, 0.3) is 6.08 Å². The van der Waals surface area contributed by atoms with E-state index in [0.29, 0.717) is 16.9 Å². The first-order valence-corrected chi connectivity index (χ1v) is 11.9. The normalized spacial score (nSPS) is 14.3. The highest BCUT2D eigenvalue weighted by Crippen LogP contribution is 2.29. The average Bonchev–Trinajstić information content (AvgIpc) is 2.91. The standard InChI is InChI=1S/C27H20ClN3O8/c1-2-38-26(34)18-6-10-19(11-7-18)30-25(33)21(24(32)29-27(30)35)13-17-5-12-23(22(28)14-17)39-15-16-3-8-20(9-4-16)31(36)37/h3-14H,2,15H2,1H3,(H,29,32,35)/b21-13+. The number of hydrogen-bond donors (Lipinski definition) is 1. The van der Waals surface area contributed by atoms with E-state index in [1.165, 1.54) is 48.5 Å². The van der Waals surface area contributed by atoms with Crippen molar-refractivity contribution in [3.8, 4) is 5.75 Å². The van der Waals surface area contributed by atoms with Gasteiger partial charge in [0.1, 0.15) is 17.9 Å². The Morgan fingerprint density at radius 3 is 2.36 bits per heavy atom. The first-order chi connectivity index (χ1) is 18.7. The second kappa shape index (κ2) is 11.6. The summed E-state index contributed by atoms with van der Waals surface area (Å²) in [5.41, 5.74) is 1.13. The molecule has 1 fully saturated rings. The topological polar surface area (TPSA) is 145 Å². The SMILES string of the molecule is CCOC(=O)c1ccc(N2C(=O)NC(=O)/C(=C\c3ccc(OCc4ccc([N+](=O)[O-])cc4)c(Cl)c3)C2=O)cc1. The molecule has 0 atom stereocenters. The van der Waals surface area contributed by atoms with Crippen molar-refractivity contribution in [1.29, 1.82) is 0 Å². The van der Waals surface area contributed by atoms with Crippen LogP contribution in [-0.4, -0.2) is 35.3 Å². The van der Waals surface area contributed by atoms with Gasteiger partial charge in [-0.05, 0) is 72.7 Å². The maximum Gasteiger partial charge on any atom is 0.338 e. The number of carbonyl (C=O) groups excluding carboxylic acids is 4. The van der Waals surface area contributed by atoms with Crippen molar-refractivity contribution in [2.75, 3.05) is 11.5 Å². The Labute approximate surface area is 226 Å². The zero-order valence-electron chi connectivity index (χ0n) is 20.4. The molecule has 1 saturated heterocycles. The molecule has 3 aromatic carbocycles. The van der Waals surface area contributed by atoms with Gasteiger partial charge in [0.2, 0.25) is 0 Å². The highest BCUT2D eigenvalue weighted by Gasteiger charge is 2.36. The van der Waals surface area contributed by atoms with Gasteiger partial charge < -0.3 is 9.47 Å². The molecule has 3 aromatic rings. The fourth-order valence-corrected chi connectivity index (χ4v) is 3.86. The number of esters is 1. The van der Waals surface area contributed by atoms with Gasteiger partial charge in [0.25, 0.3) is 17.5 Å². The van der Waals surface area contributed by atoms with Crippen molar-refractivity contribution in [3.63, 3.8) is 0 Å². The smallest absolute Gasteiger partial charge is 0.338 e. The van der Waals surface area contributed by atoms with Crippen molar-refractivity contribution < 1.29 is 33.6 Å². The van der Waals surface area contributed by atoms with E-state index in [4.69, 9.17) is 21.1 Å². The number of amides is 4. The zero-order valence-corrected chi connectivity index (χ0v) is 21.1. The predicted molar refractivity (Wildman–Crippen MR) is 140 cm³/mol. The molecule has 198 valence electrons. The number of nitrogens with zero attached hydrogens (tertiary/aromatic N) is 2. The van der Waals surface area contributed by atoms with Crippen LogP contribution in [0.2, 0.25) is 5.02 Å². The molecule has 12 heteroatoms. The Bertz CT molecular complexity index is 1500. The number of halogens is 1. The van der Waals surface area contributed by atoms with E-state index < -0.39 is 28.7 Å². The van der Waals surface area contributed by atoms with E-state index in [9.17, 15) is 29.3 Å². The molecule has 4 rings (SSSR count). The fraction of sp³-hybridized carbons (Fsp3) is 0.111. The van der Waals surface area contributed by atoms with Crippen molar-refractivity contribution in [1.82, 2.24) is 5.32 Å². The van der Waals surface area contributed by atoms with Gasteiger partial charge in [-0.2, -0.15) is 0 Å². The maximum absolute atomic E-state index is 13.1. The molecule has 1 N–H and O–H groups in total. The second-order valence-corrected chi connectivity index (χ2v) is 8.53. The summed E-state index contributed by atoms with van der Waals surface area (Å²) in [6.45, 7) is 1.97. The molecule has 0 aromatic heterocycles. The molecule has 0 bridgehead atoms. The third kappa shape index (κ3) is 6.11. The molecule has 0 spiro atoms. The Morgan fingerprint density at radius 1 is 1.05 bits per heavy atom. The number of anilines is 1. The summed E-state index contributed by atoms with van der Waals surface area (Å²) in [4.78, 5) is 61.0. The highest BCUT2D eigenvalue weighted by atomic mass is 35.5. The van der Waals surface area contributed by atoms with E-state index in [2.05, 4.69) is 5.32 Å². The van der Waals surface area contributed by atoms with Gasteiger partial charge in [0.05, 0.1) is 27.8 Å². The molecular weight excluding hydrogens is 530 g/mol. The number of non-ortho nitro benzene ring substituents is 1. The van der Waals surface area contributed by atoms with Crippen LogP contribution in [0, 0.1) is 10.1 Å².